The molecule has 7 heteroatoms. The zero-order chi connectivity index (χ0) is 20.3. The van der Waals surface area contributed by atoms with Crippen LogP contribution < -0.4 is 10.1 Å². The van der Waals surface area contributed by atoms with Crippen molar-refractivity contribution in [2.75, 3.05) is 11.9 Å². The van der Waals surface area contributed by atoms with E-state index >= 15 is 0 Å². The quantitative estimate of drug-likeness (QED) is 0.653. The van der Waals surface area contributed by atoms with Gasteiger partial charge in [0.1, 0.15) is 11.6 Å². The molecule has 146 valence electrons. The summed E-state index contributed by atoms with van der Waals surface area (Å²) < 4.78 is 20.5. The van der Waals surface area contributed by atoms with E-state index in [2.05, 4.69) is 10.4 Å². The van der Waals surface area contributed by atoms with E-state index < -0.39 is 0 Å². The van der Waals surface area contributed by atoms with Gasteiger partial charge in [0.15, 0.2) is 6.61 Å². The van der Waals surface area contributed by atoms with Crippen molar-refractivity contribution in [2.45, 2.75) is 27.3 Å². The highest BCUT2D eigenvalue weighted by atomic mass is 35.5. The molecular formula is C21H21ClFN3O2. The number of aromatic nitrogens is 2. The van der Waals surface area contributed by atoms with Crippen molar-refractivity contribution in [1.29, 1.82) is 0 Å². The molecule has 5 nitrogen and oxygen atoms in total. The molecule has 0 aliphatic heterocycles. The molecule has 28 heavy (non-hydrogen) atoms. The molecule has 0 saturated heterocycles. The lowest BCUT2D eigenvalue weighted by atomic mass is 10.2. The molecule has 0 bridgehead atoms. The Bertz CT molecular complexity index is 1020. The normalized spacial score (nSPS) is 10.8. The van der Waals surface area contributed by atoms with Crippen molar-refractivity contribution in [3.63, 3.8) is 0 Å². The van der Waals surface area contributed by atoms with E-state index in [1.165, 1.54) is 12.1 Å². The first-order chi connectivity index (χ1) is 13.3. The molecule has 3 aromatic rings. The Labute approximate surface area is 168 Å². The second-order valence-electron chi connectivity index (χ2n) is 6.54. The van der Waals surface area contributed by atoms with Crippen molar-refractivity contribution in [3.05, 3.63) is 75.8 Å². The molecule has 0 saturated carbocycles. The Balaban J connectivity index is 1.69. The summed E-state index contributed by atoms with van der Waals surface area (Å²) in [5, 5.41) is 7.66. The van der Waals surface area contributed by atoms with Gasteiger partial charge in [-0.3, -0.25) is 9.48 Å². The van der Waals surface area contributed by atoms with Gasteiger partial charge in [-0.05, 0) is 50.1 Å². The average Bonchev–Trinajstić information content (AvgIpc) is 2.91. The van der Waals surface area contributed by atoms with E-state index in [1.54, 1.807) is 10.7 Å². The predicted molar refractivity (Wildman–Crippen MR) is 108 cm³/mol. The minimum absolute atomic E-state index is 0.0985. The maximum absolute atomic E-state index is 13.2. The van der Waals surface area contributed by atoms with Crippen LogP contribution in [-0.2, 0) is 11.3 Å². The number of benzene rings is 2. The van der Waals surface area contributed by atoms with Crippen LogP contribution in [0.25, 0.3) is 0 Å². The monoisotopic (exact) mass is 401 g/mol. The standard InChI is InChI=1S/C21H21ClFN3O2/c1-13-6-4-5-7-19(13)28-12-20(27)24-21-14(2)25-26(15(21)3)11-16-8-9-17(23)10-18(16)22/h4-10H,11-12H2,1-3H3,(H,24,27). The van der Waals surface area contributed by atoms with E-state index in [-0.39, 0.29) is 18.3 Å². The number of rotatable bonds is 6. The van der Waals surface area contributed by atoms with Crippen molar-refractivity contribution in [3.8, 4) is 5.75 Å². The van der Waals surface area contributed by atoms with E-state index in [0.29, 0.717) is 28.7 Å². The number of hydrogen-bond donors (Lipinski definition) is 1. The first-order valence-electron chi connectivity index (χ1n) is 8.81. The van der Waals surface area contributed by atoms with Crippen LogP contribution in [0.4, 0.5) is 10.1 Å². The van der Waals surface area contributed by atoms with Crippen molar-refractivity contribution < 1.29 is 13.9 Å². The Morgan fingerprint density at radius 1 is 1.21 bits per heavy atom. The molecular weight excluding hydrogens is 381 g/mol. The summed E-state index contributed by atoms with van der Waals surface area (Å²) in [6.45, 7) is 5.87. The van der Waals surface area contributed by atoms with Crippen LogP contribution >= 0.6 is 11.6 Å². The molecule has 0 atom stereocenters. The Kier molecular flexibility index (Phi) is 5.99. The number of nitrogens with one attached hydrogen (secondary N) is 1. The Hall–Kier alpha value is -2.86. The van der Waals surface area contributed by atoms with Gasteiger partial charge in [0, 0.05) is 5.02 Å². The van der Waals surface area contributed by atoms with E-state index in [9.17, 15) is 9.18 Å². The van der Waals surface area contributed by atoms with Gasteiger partial charge in [0.05, 0.1) is 23.6 Å². The van der Waals surface area contributed by atoms with Gasteiger partial charge in [0.2, 0.25) is 0 Å². The number of para-hydroxylation sites is 1. The first kappa shape index (κ1) is 19.9. The third-order valence-electron chi connectivity index (χ3n) is 4.43. The van der Waals surface area contributed by atoms with Crippen LogP contribution in [0, 0.1) is 26.6 Å². The van der Waals surface area contributed by atoms with Crippen molar-refractivity contribution in [2.24, 2.45) is 0 Å². The molecule has 0 radical (unpaired) electrons. The number of nitrogens with zero attached hydrogens (tertiary/aromatic N) is 2. The summed E-state index contributed by atoms with van der Waals surface area (Å²) in [6, 6.07) is 11.8. The van der Waals surface area contributed by atoms with Crippen LogP contribution in [0.5, 0.6) is 5.75 Å². The number of carbonyl (C=O) groups excluding carboxylic acids is 1. The van der Waals surface area contributed by atoms with Crippen LogP contribution in [0.3, 0.4) is 0 Å². The van der Waals surface area contributed by atoms with Gasteiger partial charge in [-0.15, -0.1) is 0 Å². The number of ether oxygens (including phenoxy) is 1. The third-order valence-corrected chi connectivity index (χ3v) is 4.79. The van der Waals surface area contributed by atoms with Crippen LogP contribution in [0.1, 0.15) is 22.5 Å². The van der Waals surface area contributed by atoms with Crippen LogP contribution in [0.15, 0.2) is 42.5 Å². The smallest absolute Gasteiger partial charge is 0.262 e. The molecule has 0 spiro atoms. The second kappa shape index (κ2) is 8.44. The van der Waals surface area contributed by atoms with Crippen molar-refractivity contribution >= 4 is 23.2 Å². The number of aryl methyl sites for hydroxylation is 2. The summed E-state index contributed by atoms with van der Waals surface area (Å²) in [5.41, 5.74) is 3.81. The van der Waals surface area contributed by atoms with Crippen LogP contribution in [0.2, 0.25) is 5.02 Å². The molecule has 0 aliphatic rings. The Morgan fingerprint density at radius 3 is 2.68 bits per heavy atom. The van der Waals surface area contributed by atoms with Gasteiger partial charge in [-0.2, -0.15) is 5.10 Å². The molecule has 0 unspecified atom stereocenters. The number of anilines is 1. The molecule has 0 fully saturated rings. The number of hydrogen-bond acceptors (Lipinski definition) is 3. The third kappa shape index (κ3) is 4.51. The fraction of sp³-hybridized carbons (Fsp3) is 0.238. The Morgan fingerprint density at radius 2 is 1.96 bits per heavy atom. The number of halogens is 2. The van der Waals surface area contributed by atoms with Crippen LogP contribution in [-0.4, -0.2) is 22.3 Å². The summed E-state index contributed by atoms with van der Waals surface area (Å²) >= 11 is 6.11. The predicted octanol–water partition coefficient (Wildman–Crippen LogP) is 4.67. The van der Waals surface area contributed by atoms with E-state index in [0.717, 1.165) is 16.8 Å². The fourth-order valence-corrected chi connectivity index (χ4v) is 3.11. The molecule has 1 heterocycles. The van der Waals surface area contributed by atoms with Gasteiger partial charge in [-0.25, -0.2) is 4.39 Å². The largest absolute Gasteiger partial charge is 0.483 e. The lowest BCUT2D eigenvalue weighted by molar-refractivity contribution is -0.118. The number of amides is 1. The summed E-state index contributed by atoms with van der Waals surface area (Å²) in [6.07, 6.45) is 0. The second-order valence-corrected chi connectivity index (χ2v) is 6.95. The highest BCUT2D eigenvalue weighted by Crippen LogP contribution is 2.23. The maximum Gasteiger partial charge on any atom is 0.262 e. The van der Waals surface area contributed by atoms with Gasteiger partial charge >= 0.3 is 0 Å². The molecule has 3 rings (SSSR count). The fourth-order valence-electron chi connectivity index (χ4n) is 2.88. The molecule has 1 aromatic heterocycles. The topological polar surface area (TPSA) is 56.1 Å². The lowest BCUT2D eigenvalue weighted by Crippen LogP contribution is -2.21. The average molecular weight is 402 g/mol. The highest BCUT2D eigenvalue weighted by Gasteiger charge is 2.16. The summed E-state index contributed by atoms with van der Waals surface area (Å²) in [5.74, 6) is 0.0188. The minimum Gasteiger partial charge on any atom is -0.483 e. The molecule has 1 N–H and O–H groups in total. The summed E-state index contributed by atoms with van der Waals surface area (Å²) in [7, 11) is 0. The zero-order valence-corrected chi connectivity index (χ0v) is 16.7. The lowest BCUT2D eigenvalue weighted by Gasteiger charge is -2.10. The van der Waals surface area contributed by atoms with Gasteiger partial charge in [0.25, 0.3) is 5.91 Å². The van der Waals surface area contributed by atoms with Crippen molar-refractivity contribution in [1.82, 2.24) is 9.78 Å². The molecule has 2 aromatic carbocycles. The van der Waals surface area contributed by atoms with Gasteiger partial charge < -0.3 is 10.1 Å². The maximum atomic E-state index is 13.2. The zero-order valence-electron chi connectivity index (χ0n) is 15.9. The highest BCUT2D eigenvalue weighted by molar-refractivity contribution is 6.31. The number of carbonyl (C=O) groups is 1. The SMILES string of the molecule is Cc1ccccc1OCC(=O)Nc1c(C)nn(Cc2ccc(F)cc2Cl)c1C. The van der Waals surface area contributed by atoms with E-state index in [4.69, 9.17) is 16.3 Å². The minimum atomic E-state index is -0.385. The van der Waals surface area contributed by atoms with E-state index in [1.807, 2.05) is 45.0 Å². The first-order valence-corrected chi connectivity index (χ1v) is 9.19. The molecule has 0 aliphatic carbocycles. The van der Waals surface area contributed by atoms with Gasteiger partial charge in [-0.1, -0.05) is 35.9 Å². The summed E-state index contributed by atoms with van der Waals surface area (Å²) in [4.78, 5) is 12.3. The molecule has 1 amide bonds.